The van der Waals surface area contributed by atoms with Crippen LogP contribution in [0.3, 0.4) is 0 Å². The molecule has 1 heterocycles. The molecule has 19 heavy (non-hydrogen) atoms. The van der Waals surface area contributed by atoms with Gasteiger partial charge in [0, 0.05) is 29.7 Å². The number of urea groups is 1. The van der Waals surface area contributed by atoms with Gasteiger partial charge in [-0.15, -0.1) is 0 Å². The van der Waals surface area contributed by atoms with Crippen LogP contribution in [0.25, 0.3) is 0 Å². The van der Waals surface area contributed by atoms with Crippen LogP contribution in [-0.4, -0.2) is 30.6 Å². The zero-order valence-electron chi connectivity index (χ0n) is 11.0. The summed E-state index contributed by atoms with van der Waals surface area (Å²) in [5, 5.41) is 4.19. The quantitative estimate of drug-likeness (QED) is 0.909. The van der Waals surface area contributed by atoms with Gasteiger partial charge in [0.2, 0.25) is 0 Å². The standard InChI is InChI=1S/C14H18Cl2N2O/c1-10-3-5-18(9-10)14(19)17-4-2-11-6-12(15)8-13(16)7-11/h6-8,10H,2-5,9H2,1H3,(H,17,19). The van der Waals surface area contributed by atoms with Crippen LogP contribution in [-0.2, 0) is 6.42 Å². The fourth-order valence-electron chi connectivity index (χ4n) is 2.30. The summed E-state index contributed by atoms with van der Waals surface area (Å²) in [5.74, 6) is 0.609. The molecule has 0 aliphatic carbocycles. The molecular formula is C14H18Cl2N2O. The van der Waals surface area contributed by atoms with E-state index in [0.717, 1.165) is 31.5 Å². The van der Waals surface area contributed by atoms with E-state index in [0.29, 0.717) is 22.5 Å². The molecule has 1 unspecified atom stereocenters. The van der Waals surface area contributed by atoms with Crippen LogP contribution in [0, 0.1) is 5.92 Å². The van der Waals surface area contributed by atoms with Crippen LogP contribution < -0.4 is 5.32 Å². The molecule has 0 aromatic heterocycles. The van der Waals surface area contributed by atoms with Crippen LogP contribution in [0.2, 0.25) is 10.0 Å². The first-order valence-corrected chi connectivity index (χ1v) is 7.28. The molecule has 104 valence electrons. The third-order valence-corrected chi connectivity index (χ3v) is 3.76. The van der Waals surface area contributed by atoms with Crippen molar-refractivity contribution in [3.8, 4) is 0 Å². The number of benzene rings is 1. The third-order valence-electron chi connectivity index (χ3n) is 3.32. The molecule has 5 heteroatoms. The molecule has 1 fully saturated rings. The zero-order valence-corrected chi connectivity index (χ0v) is 12.5. The van der Waals surface area contributed by atoms with Gasteiger partial charge in [0.1, 0.15) is 0 Å². The highest BCUT2D eigenvalue weighted by Gasteiger charge is 2.22. The SMILES string of the molecule is CC1CCN(C(=O)NCCc2cc(Cl)cc(Cl)c2)C1. The Morgan fingerprint density at radius 2 is 2.05 bits per heavy atom. The molecule has 1 atom stereocenters. The van der Waals surface area contributed by atoms with Crippen molar-refractivity contribution in [2.75, 3.05) is 19.6 Å². The van der Waals surface area contributed by atoms with Gasteiger partial charge in [-0.2, -0.15) is 0 Å². The summed E-state index contributed by atoms with van der Waals surface area (Å²) in [6, 6.07) is 5.48. The predicted molar refractivity (Wildman–Crippen MR) is 78.9 cm³/mol. The molecular weight excluding hydrogens is 283 g/mol. The molecule has 1 aliphatic rings. The van der Waals surface area contributed by atoms with E-state index < -0.39 is 0 Å². The second kappa shape index (κ2) is 6.49. The normalized spacial score (nSPS) is 18.7. The Hall–Kier alpha value is -0.930. The number of hydrogen-bond acceptors (Lipinski definition) is 1. The molecule has 0 bridgehead atoms. The maximum atomic E-state index is 11.9. The molecule has 1 N–H and O–H groups in total. The number of carbonyl (C=O) groups is 1. The number of nitrogens with zero attached hydrogens (tertiary/aromatic N) is 1. The molecule has 1 saturated heterocycles. The number of rotatable bonds is 3. The Labute approximate surface area is 123 Å². The number of amides is 2. The van der Waals surface area contributed by atoms with Crippen molar-refractivity contribution in [2.24, 2.45) is 5.92 Å². The molecule has 1 aromatic rings. The minimum atomic E-state index is 0.0254. The van der Waals surface area contributed by atoms with E-state index in [2.05, 4.69) is 12.2 Å². The lowest BCUT2D eigenvalue weighted by Crippen LogP contribution is -2.39. The largest absolute Gasteiger partial charge is 0.338 e. The van der Waals surface area contributed by atoms with Crippen molar-refractivity contribution in [3.63, 3.8) is 0 Å². The maximum Gasteiger partial charge on any atom is 0.317 e. The monoisotopic (exact) mass is 300 g/mol. The lowest BCUT2D eigenvalue weighted by atomic mass is 10.1. The van der Waals surface area contributed by atoms with Crippen molar-refractivity contribution in [3.05, 3.63) is 33.8 Å². The fraction of sp³-hybridized carbons (Fsp3) is 0.500. The first-order valence-electron chi connectivity index (χ1n) is 6.52. The molecule has 0 saturated carbocycles. The summed E-state index contributed by atoms with van der Waals surface area (Å²) in [6.07, 6.45) is 1.83. The highest BCUT2D eigenvalue weighted by atomic mass is 35.5. The van der Waals surface area contributed by atoms with E-state index in [9.17, 15) is 4.79 Å². The molecule has 0 spiro atoms. The summed E-state index contributed by atoms with van der Waals surface area (Å²) < 4.78 is 0. The van der Waals surface area contributed by atoms with E-state index in [1.165, 1.54) is 0 Å². The van der Waals surface area contributed by atoms with Crippen molar-refractivity contribution >= 4 is 29.2 Å². The topological polar surface area (TPSA) is 32.3 Å². The van der Waals surface area contributed by atoms with E-state index in [4.69, 9.17) is 23.2 Å². The smallest absolute Gasteiger partial charge is 0.317 e. The van der Waals surface area contributed by atoms with Crippen LogP contribution in [0.4, 0.5) is 4.79 Å². The van der Waals surface area contributed by atoms with Crippen LogP contribution >= 0.6 is 23.2 Å². The van der Waals surface area contributed by atoms with Gasteiger partial charge < -0.3 is 10.2 Å². The number of likely N-dealkylation sites (tertiary alicyclic amines) is 1. The lowest BCUT2D eigenvalue weighted by Gasteiger charge is -2.16. The molecule has 0 radical (unpaired) electrons. The summed E-state index contributed by atoms with van der Waals surface area (Å²) >= 11 is 11.9. The zero-order chi connectivity index (χ0) is 13.8. The molecule has 1 aromatic carbocycles. The van der Waals surface area contributed by atoms with Gasteiger partial charge in [0.15, 0.2) is 0 Å². The fourth-order valence-corrected chi connectivity index (χ4v) is 2.87. The summed E-state index contributed by atoms with van der Waals surface area (Å²) in [5.41, 5.74) is 1.03. The van der Waals surface area contributed by atoms with Gasteiger partial charge in [0.25, 0.3) is 0 Å². The predicted octanol–water partition coefficient (Wildman–Crippen LogP) is 3.59. The van der Waals surface area contributed by atoms with Crippen LogP contribution in [0.15, 0.2) is 18.2 Å². The van der Waals surface area contributed by atoms with Crippen molar-refractivity contribution in [2.45, 2.75) is 19.8 Å². The van der Waals surface area contributed by atoms with E-state index in [1.807, 2.05) is 17.0 Å². The average Bonchev–Trinajstić information content (AvgIpc) is 2.74. The minimum Gasteiger partial charge on any atom is -0.338 e. The van der Waals surface area contributed by atoms with Gasteiger partial charge in [-0.25, -0.2) is 4.79 Å². The van der Waals surface area contributed by atoms with Crippen LogP contribution in [0.1, 0.15) is 18.9 Å². The highest BCUT2D eigenvalue weighted by molar-refractivity contribution is 6.34. The highest BCUT2D eigenvalue weighted by Crippen LogP contribution is 2.19. The molecule has 1 aliphatic heterocycles. The Kier molecular flexibility index (Phi) is 4.94. The number of nitrogens with one attached hydrogen (secondary N) is 1. The Balaban J connectivity index is 1.78. The van der Waals surface area contributed by atoms with Crippen molar-refractivity contribution in [1.29, 1.82) is 0 Å². The second-order valence-electron chi connectivity index (χ2n) is 5.10. The van der Waals surface area contributed by atoms with Gasteiger partial charge in [-0.3, -0.25) is 0 Å². The third kappa shape index (κ3) is 4.29. The lowest BCUT2D eigenvalue weighted by molar-refractivity contribution is 0.207. The van der Waals surface area contributed by atoms with E-state index in [1.54, 1.807) is 6.07 Å². The molecule has 3 nitrogen and oxygen atoms in total. The van der Waals surface area contributed by atoms with Gasteiger partial charge in [-0.05, 0) is 42.5 Å². The second-order valence-corrected chi connectivity index (χ2v) is 5.97. The molecule has 2 amide bonds. The Bertz CT molecular complexity index is 445. The summed E-state index contributed by atoms with van der Waals surface area (Å²) in [4.78, 5) is 13.7. The number of halogens is 2. The van der Waals surface area contributed by atoms with Crippen molar-refractivity contribution < 1.29 is 4.79 Å². The minimum absolute atomic E-state index is 0.0254. The van der Waals surface area contributed by atoms with Gasteiger partial charge in [-0.1, -0.05) is 30.1 Å². The number of carbonyl (C=O) groups excluding carboxylic acids is 1. The maximum absolute atomic E-state index is 11.9. The van der Waals surface area contributed by atoms with Crippen LogP contribution in [0.5, 0.6) is 0 Å². The summed E-state index contributed by atoms with van der Waals surface area (Å²) in [6.45, 7) is 4.48. The Morgan fingerprint density at radius 1 is 1.37 bits per heavy atom. The first kappa shape index (κ1) is 14.5. The first-order chi connectivity index (χ1) is 9.04. The van der Waals surface area contributed by atoms with Gasteiger partial charge >= 0.3 is 6.03 Å². The van der Waals surface area contributed by atoms with E-state index >= 15 is 0 Å². The average molecular weight is 301 g/mol. The number of hydrogen-bond donors (Lipinski definition) is 1. The Morgan fingerprint density at radius 3 is 2.63 bits per heavy atom. The van der Waals surface area contributed by atoms with E-state index in [-0.39, 0.29) is 6.03 Å². The molecule has 2 rings (SSSR count). The summed E-state index contributed by atoms with van der Waals surface area (Å²) in [7, 11) is 0. The van der Waals surface area contributed by atoms with Gasteiger partial charge in [0.05, 0.1) is 0 Å². The van der Waals surface area contributed by atoms with Crippen molar-refractivity contribution in [1.82, 2.24) is 10.2 Å².